The Bertz CT molecular complexity index is 475. The van der Waals surface area contributed by atoms with E-state index >= 15 is 0 Å². The zero-order valence-electron chi connectivity index (χ0n) is 10.6. The van der Waals surface area contributed by atoms with Gasteiger partial charge in [0.15, 0.2) is 0 Å². The molecule has 18 heavy (non-hydrogen) atoms. The molecule has 1 heterocycles. The lowest BCUT2D eigenvalue weighted by molar-refractivity contribution is 0.105. The maximum atomic E-state index is 12.0. The summed E-state index contributed by atoms with van der Waals surface area (Å²) < 4.78 is 32.0. The summed E-state index contributed by atoms with van der Waals surface area (Å²) in [5.74, 6) is 0. The molecule has 1 atom stereocenters. The first-order valence-corrected chi connectivity index (χ1v) is 7.74. The van der Waals surface area contributed by atoms with Crippen molar-refractivity contribution in [3.8, 4) is 0 Å². The van der Waals surface area contributed by atoms with Gasteiger partial charge in [-0.3, -0.25) is 0 Å². The van der Waals surface area contributed by atoms with Crippen molar-refractivity contribution in [2.45, 2.75) is 37.2 Å². The van der Waals surface area contributed by atoms with E-state index < -0.39 is 10.0 Å². The molecule has 0 radical (unpaired) electrons. The second-order valence-corrected chi connectivity index (χ2v) is 6.40. The maximum Gasteiger partial charge on any atom is 0.240 e. The van der Waals surface area contributed by atoms with Gasteiger partial charge in [0.2, 0.25) is 10.0 Å². The standard InChI is InChI=1S/C13H19NO3S/c1-11-4-6-13(7-5-11)18(15,16)14-9-8-12-3-2-10-17-12/h4-7,12,14H,2-3,8-10H2,1H3. The predicted molar refractivity (Wildman–Crippen MR) is 70.0 cm³/mol. The highest BCUT2D eigenvalue weighted by atomic mass is 32.2. The monoisotopic (exact) mass is 269 g/mol. The Morgan fingerprint density at radius 2 is 2.06 bits per heavy atom. The van der Waals surface area contributed by atoms with E-state index in [2.05, 4.69) is 4.72 Å². The Balaban J connectivity index is 1.88. The fourth-order valence-electron chi connectivity index (χ4n) is 2.03. The molecule has 1 aromatic carbocycles. The third kappa shape index (κ3) is 3.54. The fourth-order valence-corrected chi connectivity index (χ4v) is 3.07. The maximum absolute atomic E-state index is 12.0. The first-order valence-electron chi connectivity index (χ1n) is 6.26. The van der Waals surface area contributed by atoms with E-state index in [1.807, 2.05) is 6.92 Å². The minimum absolute atomic E-state index is 0.214. The van der Waals surface area contributed by atoms with Crippen LogP contribution in [0.5, 0.6) is 0 Å². The average molecular weight is 269 g/mol. The molecular formula is C13H19NO3S. The van der Waals surface area contributed by atoms with Gasteiger partial charge in [-0.2, -0.15) is 0 Å². The molecular weight excluding hydrogens is 250 g/mol. The molecule has 0 saturated carbocycles. The number of hydrogen-bond donors (Lipinski definition) is 1. The third-order valence-electron chi connectivity index (χ3n) is 3.11. The number of benzene rings is 1. The third-order valence-corrected chi connectivity index (χ3v) is 4.59. The van der Waals surface area contributed by atoms with E-state index in [1.54, 1.807) is 24.3 Å². The van der Waals surface area contributed by atoms with Crippen molar-refractivity contribution in [3.63, 3.8) is 0 Å². The molecule has 0 spiro atoms. The zero-order valence-corrected chi connectivity index (χ0v) is 11.4. The van der Waals surface area contributed by atoms with Gasteiger partial charge in [-0.25, -0.2) is 13.1 Å². The summed E-state index contributed by atoms with van der Waals surface area (Å²) in [6, 6.07) is 6.86. The van der Waals surface area contributed by atoms with Crippen molar-refractivity contribution in [2.24, 2.45) is 0 Å². The van der Waals surface area contributed by atoms with Crippen LogP contribution in [0.4, 0.5) is 0 Å². The van der Waals surface area contributed by atoms with E-state index in [-0.39, 0.29) is 6.10 Å². The van der Waals surface area contributed by atoms with Crippen molar-refractivity contribution < 1.29 is 13.2 Å². The van der Waals surface area contributed by atoms with Crippen molar-refractivity contribution in [2.75, 3.05) is 13.2 Å². The van der Waals surface area contributed by atoms with Crippen LogP contribution in [-0.4, -0.2) is 27.7 Å². The second-order valence-electron chi connectivity index (χ2n) is 4.63. The molecule has 0 bridgehead atoms. The Morgan fingerprint density at radius 1 is 1.33 bits per heavy atom. The van der Waals surface area contributed by atoms with E-state index in [1.165, 1.54) is 0 Å². The molecule has 5 heteroatoms. The number of rotatable bonds is 5. The van der Waals surface area contributed by atoms with Gasteiger partial charge in [-0.15, -0.1) is 0 Å². The van der Waals surface area contributed by atoms with E-state index in [9.17, 15) is 8.42 Å². The summed E-state index contributed by atoms with van der Waals surface area (Å²) in [6.07, 6.45) is 3.07. The van der Waals surface area contributed by atoms with Gasteiger partial charge < -0.3 is 4.74 Å². The van der Waals surface area contributed by atoms with Gasteiger partial charge in [-0.05, 0) is 38.3 Å². The molecule has 4 nitrogen and oxygen atoms in total. The summed E-state index contributed by atoms with van der Waals surface area (Å²) in [5, 5.41) is 0. The van der Waals surface area contributed by atoms with Crippen molar-refractivity contribution in [1.29, 1.82) is 0 Å². The van der Waals surface area contributed by atoms with Gasteiger partial charge in [0, 0.05) is 13.2 Å². The molecule has 1 fully saturated rings. The van der Waals surface area contributed by atoms with Crippen LogP contribution >= 0.6 is 0 Å². The van der Waals surface area contributed by atoms with Gasteiger partial charge in [-0.1, -0.05) is 17.7 Å². The first-order chi connectivity index (χ1) is 8.58. The van der Waals surface area contributed by atoms with Gasteiger partial charge >= 0.3 is 0 Å². The summed E-state index contributed by atoms with van der Waals surface area (Å²) in [7, 11) is -3.37. The fraction of sp³-hybridized carbons (Fsp3) is 0.538. The number of sulfonamides is 1. The van der Waals surface area contributed by atoms with Crippen LogP contribution in [-0.2, 0) is 14.8 Å². The number of nitrogens with one attached hydrogen (secondary N) is 1. The largest absolute Gasteiger partial charge is 0.378 e. The van der Waals surface area contributed by atoms with Crippen LogP contribution in [0.15, 0.2) is 29.2 Å². The predicted octanol–water partition coefficient (Wildman–Crippen LogP) is 1.84. The smallest absolute Gasteiger partial charge is 0.240 e. The highest BCUT2D eigenvalue weighted by Gasteiger charge is 2.17. The Kier molecular flexibility index (Phi) is 4.37. The topological polar surface area (TPSA) is 55.4 Å². The Morgan fingerprint density at radius 3 is 2.67 bits per heavy atom. The number of aryl methyl sites for hydroxylation is 1. The van der Waals surface area contributed by atoms with Crippen LogP contribution < -0.4 is 4.72 Å². The summed E-state index contributed by atoms with van der Waals surface area (Å²) in [5.41, 5.74) is 1.05. The Hall–Kier alpha value is -0.910. The number of hydrogen-bond acceptors (Lipinski definition) is 3. The summed E-state index contributed by atoms with van der Waals surface area (Å²) >= 11 is 0. The highest BCUT2D eigenvalue weighted by Crippen LogP contribution is 2.15. The van der Waals surface area contributed by atoms with Gasteiger partial charge in [0.25, 0.3) is 0 Å². The van der Waals surface area contributed by atoms with Crippen LogP contribution in [0.25, 0.3) is 0 Å². The first kappa shape index (κ1) is 13.5. The summed E-state index contributed by atoms with van der Waals surface area (Å²) in [6.45, 7) is 3.16. The molecule has 0 aliphatic carbocycles. The molecule has 2 rings (SSSR count). The molecule has 1 saturated heterocycles. The molecule has 100 valence electrons. The van der Waals surface area contributed by atoms with Crippen molar-refractivity contribution in [3.05, 3.63) is 29.8 Å². The molecule has 0 aromatic heterocycles. The van der Waals surface area contributed by atoms with Gasteiger partial charge in [0.05, 0.1) is 11.0 Å². The summed E-state index contributed by atoms with van der Waals surface area (Å²) in [4.78, 5) is 0.320. The van der Waals surface area contributed by atoms with E-state index in [4.69, 9.17) is 4.74 Å². The Labute approximate surface area is 108 Å². The minimum Gasteiger partial charge on any atom is -0.378 e. The van der Waals surface area contributed by atoms with Crippen LogP contribution in [0.3, 0.4) is 0 Å². The quantitative estimate of drug-likeness (QED) is 0.887. The van der Waals surface area contributed by atoms with Crippen molar-refractivity contribution >= 4 is 10.0 Å². The van der Waals surface area contributed by atoms with Crippen LogP contribution in [0.2, 0.25) is 0 Å². The van der Waals surface area contributed by atoms with Crippen LogP contribution in [0, 0.1) is 6.92 Å². The second kappa shape index (κ2) is 5.82. The normalized spacial score (nSPS) is 20.2. The average Bonchev–Trinajstić information content (AvgIpc) is 2.82. The lowest BCUT2D eigenvalue weighted by Crippen LogP contribution is -2.27. The minimum atomic E-state index is -3.37. The molecule has 1 aliphatic heterocycles. The lowest BCUT2D eigenvalue weighted by atomic mass is 10.2. The molecule has 0 amide bonds. The molecule has 1 unspecified atom stereocenters. The zero-order chi connectivity index (χ0) is 13.0. The molecule has 1 aromatic rings. The van der Waals surface area contributed by atoms with E-state index in [0.717, 1.165) is 31.4 Å². The molecule has 1 N–H and O–H groups in total. The molecule has 1 aliphatic rings. The van der Waals surface area contributed by atoms with Crippen LogP contribution in [0.1, 0.15) is 24.8 Å². The SMILES string of the molecule is Cc1ccc(S(=O)(=O)NCCC2CCCO2)cc1. The lowest BCUT2D eigenvalue weighted by Gasteiger charge is -2.10. The van der Waals surface area contributed by atoms with Gasteiger partial charge in [0.1, 0.15) is 0 Å². The van der Waals surface area contributed by atoms with Crippen molar-refractivity contribution in [1.82, 2.24) is 4.72 Å². The number of ether oxygens (including phenoxy) is 1. The van der Waals surface area contributed by atoms with E-state index in [0.29, 0.717) is 11.4 Å². The highest BCUT2D eigenvalue weighted by molar-refractivity contribution is 7.89.